The van der Waals surface area contributed by atoms with Gasteiger partial charge in [-0.2, -0.15) is 0 Å². The number of nitrogens with zero attached hydrogens (tertiary/aromatic N) is 1. The lowest BCUT2D eigenvalue weighted by Gasteiger charge is -2.05. The van der Waals surface area contributed by atoms with E-state index >= 15 is 0 Å². The number of nitrogens with one attached hydrogen (secondary N) is 1. The fraction of sp³-hybridized carbons (Fsp3) is 0.364. The predicted octanol–water partition coefficient (Wildman–Crippen LogP) is -0.683. The molecule has 98 valence electrons. The lowest BCUT2D eigenvalue weighted by Crippen LogP contribution is -2.27. The van der Waals surface area contributed by atoms with E-state index < -0.39 is 10.0 Å². The number of aromatic nitrogens is 1. The van der Waals surface area contributed by atoms with Crippen molar-refractivity contribution in [2.45, 2.75) is 4.90 Å². The van der Waals surface area contributed by atoms with Gasteiger partial charge in [0.25, 0.3) is 0 Å². The van der Waals surface area contributed by atoms with Crippen molar-refractivity contribution in [2.24, 2.45) is 5.73 Å². The highest BCUT2D eigenvalue weighted by Crippen LogP contribution is 2.08. The molecule has 0 atom stereocenters. The van der Waals surface area contributed by atoms with Crippen LogP contribution in [0.2, 0.25) is 0 Å². The maximum absolute atomic E-state index is 11.9. The minimum absolute atomic E-state index is 0.0717. The molecule has 0 spiro atoms. The third-order valence-corrected chi connectivity index (χ3v) is 3.38. The van der Waals surface area contributed by atoms with Crippen LogP contribution in [-0.4, -0.2) is 40.2 Å². The van der Waals surface area contributed by atoms with Gasteiger partial charge in [0.05, 0.1) is 13.2 Å². The van der Waals surface area contributed by atoms with Gasteiger partial charge < -0.3 is 10.5 Å². The first-order valence-electron chi connectivity index (χ1n) is 5.22. The molecule has 0 bridgehead atoms. The topological polar surface area (TPSA) is 94.3 Å². The van der Waals surface area contributed by atoms with E-state index in [4.69, 9.17) is 10.5 Å². The summed E-state index contributed by atoms with van der Waals surface area (Å²) in [4.78, 5) is 3.91. The van der Waals surface area contributed by atoms with E-state index in [1.165, 1.54) is 25.6 Å². The molecule has 3 N–H and O–H groups in total. The van der Waals surface area contributed by atoms with Crippen molar-refractivity contribution >= 4 is 10.0 Å². The Morgan fingerprint density at radius 3 is 2.94 bits per heavy atom. The molecular weight excluding hydrogens is 254 g/mol. The molecule has 0 amide bonds. The molecule has 1 aromatic heterocycles. The molecule has 0 aliphatic rings. The lowest BCUT2D eigenvalue weighted by atomic mass is 10.3. The Morgan fingerprint density at radius 2 is 2.28 bits per heavy atom. The normalized spacial score (nSPS) is 10.8. The van der Waals surface area contributed by atoms with E-state index in [0.717, 1.165) is 0 Å². The SMILES string of the molecule is COCCNS(=O)(=O)c1cncc(C#CCN)c1. The second kappa shape index (κ2) is 7.08. The molecule has 1 heterocycles. The van der Waals surface area contributed by atoms with Gasteiger partial charge in [0, 0.05) is 31.6 Å². The molecule has 0 radical (unpaired) electrons. The minimum atomic E-state index is -3.57. The third kappa shape index (κ3) is 4.43. The van der Waals surface area contributed by atoms with Gasteiger partial charge >= 0.3 is 0 Å². The second-order valence-electron chi connectivity index (χ2n) is 3.31. The first-order valence-corrected chi connectivity index (χ1v) is 6.71. The van der Waals surface area contributed by atoms with E-state index in [2.05, 4.69) is 21.5 Å². The number of methoxy groups -OCH3 is 1. The summed E-state index contributed by atoms with van der Waals surface area (Å²) in [7, 11) is -2.07. The standard InChI is InChI=1S/C11H15N3O3S/c1-17-6-5-14-18(15,16)11-7-10(3-2-4-12)8-13-9-11/h7-9,14H,4-6,12H2,1H3. The molecule has 1 aromatic rings. The van der Waals surface area contributed by atoms with Gasteiger partial charge in [0.1, 0.15) is 4.90 Å². The first-order chi connectivity index (χ1) is 8.60. The highest BCUT2D eigenvalue weighted by molar-refractivity contribution is 7.89. The molecule has 0 aliphatic carbocycles. The average Bonchev–Trinajstić information content (AvgIpc) is 2.37. The summed E-state index contributed by atoms with van der Waals surface area (Å²) in [5, 5.41) is 0. The Balaban J connectivity index is 2.88. The summed E-state index contributed by atoms with van der Waals surface area (Å²) in [5.74, 6) is 5.37. The molecule has 0 fully saturated rings. The number of rotatable bonds is 5. The van der Waals surface area contributed by atoms with E-state index in [9.17, 15) is 8.42 Å². The zero-order valence-electron chi connectivity index (χ0n) is 10.0. The van der Waals surface area contributed by atoms with Gasteiger partial charge in [-0.1, -0.05) is 11.8 Å². The zero-order valence-corrected chi connectivity index (χ0v) is 10.8. The molecular formula is C11H15N3O3S. The average molecular weight is 269 g/mol. The van der Waals surface area contributed by atoms with Gasteiger partial charge in [0.2, 0.25) is 10.0 Å². The van der Waals surface area contributed by atoms with Gasteiger partial charge in [-0.05, 0) is 6.07 Å². The van der Waals surface area contributed by atoms with E-state index in [1.807, 2.05) is 0 Å². The van der Waals surface area contributed by atoms with Crippen LogP contribution in [0.15, 0.2) is 23.4 Å². The van der Waals surface area contributed by atoms with Crippen LogP contribution in [0.3, 0.4) is 0 Å². The van der Waals surface area contributed by atoms with Crippen LogP contribution in [0.1, 0.15) is 5.56 Å². The van der Waals surface area contributed by atoms with Gasteiger partial charge in [-0.25, -0.2) is 13.1 Å². The van der Waals surface area contributed by atoms with Gasteiger partial charge in [-0.15, -0.1) is 0 Å². The number of hydrogen-bond acceptors (Lipinski definition) is 5. The van der Waals surface area contributed by atoms with Gasteiger partial charge in [0.15, 0.2) is 0 Å². The van der Waals surface area contributed by atoms with Crippen LogP contribution < -0.4 is 10.5 Å². The summed E-state index contributed by atoms with van der Waals surface area (Å²) in [6, 6.07) is 1.45. The number of pyridine rings is 1. The maximum atomic E-state index is 11.9. The number of nitrogens with two attached hydrogens (primary N) is 1. The quantitative estimate of drug-likeness (QED) is 0.545. The maximum Gasteiger partial charge on any atom is 0.242 e. The molecule has 18 heavy (non-hydrogen) atoms. The van der Waals surface area contributed by atoms with Crippen molar-refractivity contribution in [1.29, 1.82) is 0 Å². The predicted molar refractivity (Wildman–Crippen MR) is 67.2 cm³/mol. The van der Waals surface area contributed by atoms with Crippen LogP contribution >= 0.6 is 0 Å². The number of hydrogen-bond donors (Lipinski definition) is 2. The van der Waals surface area contributed by atoms with Crippen molar-refractivity contribution < 1.29 is 13.2 Å². The number of ether oxygens (including phenoxy) is 1. The Bertz CT molecular complexity index is 546. The molecule has 0 aliphatic heterocycles. The highest BCUT2D eigenvalue weighted by atomic mass is 32.2. The van der Waals surface area contributed by atoms with Crippen molar-refractivity contribution in [3.05, 3.63) is 24.0 Å². The third-order valence-electron chi connectivity index (χ3n) is 1.96. The van der Waals surface area contributed by atoms with E-state index in [-0.39, 0.29) is 18.0 Å². The van der Waals surface area contributed by atoms with Gasteiger partial charge in [-0.3, -0.25) is 4.98 Å². The smallest absolute Gasteiger partial charge is 0.242 e. The minimum Gasteiger partial charge on any atom is -0.383 e. The summed E-state index contributed by atoms with van der Waals surface area (Å²) in [5.41, 5.74) is 5.75. The van der Waals surface area contributed by atoms with Crippen LogP contribution in [0.4, 0.5) is 0 Å². The summed E-state index contributed by atoms with van der Waals surface area (Å²) in [6.45, 7) is 0.722. The fourth-order valence-electron chi connectivity index (χ4n) is 1.15. The largest absolute Gasteiger partial charge is 0.383 e. The van der Waals surface area contributed by atoms with E-state index in [1.54, 1.807) is 0 Å². The first kappa shape index (κ1) is 14.6. The Labute approximate surface area is 107 Å². The molecule has 0 saturated heterocycles. The van der Waals surface area contributed by atoms with Crippen molar-refractivity contribution in [1.82, 2.24) is 9.71 Å². The molecule has 6 nitrogen and oxygen atoms in total. The summed E-state index contributed by atoms with van der Waals surface area (Å²) in [6.07, 6.45) is 2.75. The molecule has 0 aromatic carbocycles. The summed E-state index contributed by atoms with van der Waals surface area (Å²) >= 11 is 0. The Kier molecular flexibility index (Phi) is 5.74. The van der Waals surface area contributed by atoms with Crippen molar-refractivity contribution in [3.8, 4) is 11.8 Å². The second-order valence-corrected chi connectivity index (χ2v) is 5.07. The lowest BCUT2D eigenvalue weighted by molar-refractivity contribution is 0.204. The fourth-order valence-corrected chi connectivity index (χ4v) is 2.15. The monoisotopic (exact) mass is 269 g/mol. The molecule has 0 saturated carbocycles. The highest BCUT2D eigenvalue weighted by Gasteiger charge is 2.13. The van der Waals surface area contributed by atoms with Crippen molar-refractivity contribution in [3.63, 3.8) is 0 Å². The summed E-state index contributed by atoms with van der Waals surface area (Å²) < 4.78 is 30.9. The van der Waals surface area contributed by atoms with E-state index in [0.29, 0.717) is 12.2 Å². The Morgan fingerprint density at radius 1 is 1.50 bits per heavy atom. The van der Waals surface area contributed by atoms with Crippen LogP contribution in [0.25, 0.3) is 0 Å². The molecule has 0 unspecified atom stereocenters. The van der Waals surface area contributed by atoms with Crippen LogP contribution in [0, 0.1) is 11.8 Å². The Hall–Kier alpha value is -1.46. The molecule has 7 heteroatoms. The van der Waals surface area contributed by atoms with Crippen molar-refractivity contribution in [2.75, 3.05) is 26.8 Å². The van der Waals surface area contributed by atoms with Crippen LogP contribution in [0.5, 0.6) is 0 Å². The van der Waals surface area contributed by atoms with Crippen LogP contribution in [-0.2, 0) is 14.8 Å². The molecule has 1 rings (SSSR count). The number of sulfonamides is 1. The zero-order chi connectivity index (χ0) is 13.4.